The molecule has 3 N–H and O–H groups in total. The second kappa shape index (κ2) is 10.1. The number of hydrogen-bond acceptors (Lipinski definition) is 10. The lowest BCUT2D eigenvalue weighted by atomic mass is 9.66. The zero-order valence-corrected chi connectivity index (χ0v) is 15.4. The number of ether oxygens (including phenoxy) is 1. The van der Waals surface area contributed by atoms with Gasteiger partial charge in [0.1, 0.15) is 23.8 Å². The van der Waals surface area contributed by atoms with Gasteiger partial charge in [-0.05, 0) is 20.8 Å². The number of hydrogen-bond donors (Lipinski definition) is 3. The largest absolute Gasteiger partial charge is 0.442 e. The van der Waals surface area contributed by atoms with Crippen LogP contribution in [0, 0.1) is 5.41 Å². The van der Waals surface area contributed by atoms with Crippen LogP contribution in [0.1, 0.15) is 40.0 Å². The smallest absolute Gasteiger partial charge is 0.314 e. The summed E-state index contributed by atoms with van der Waals surface area (Å²) in [7, 11) is 0. The van der Waals surface area contributed by atoms with Gasteiger partial charge in [-0.25, -0.2) is 0 Å². The molecule has 0 aromatic carbocycles. The Labute approximate surface area is 155 Å². The van der Waals surface area contributed by atoms with Crippen LogP contribution in [0.25, 0.3) is 0 Å². The highest BCUT2D eigenvalue weighted by molar-refractivity contribution is 6.20. The number of carbonyl (C=O) groups excluding carboxylic acids is 6. The molecule has 0 unspecified atom stereocenters. The van der Waals surface area contributed by atoms with Crippen LogP contribution in [0.15, 0.2) is 0 Å². The summed E-state index contributed by atoms with van der Waals surface area (Å²) in [6.45, 7) is -0.529. The number of carbonyl (C=O) groups is 6. The Morgan fingerprint density at radius 1 is 0.667 bits per heavy atom. The normalized spacial score (nSPS) is 11.6. The molecular formula is C17H24O10. The van der Waals surface area contributed by atoms with E-state index >= 15 is 0 Å². The average Bonchev–Trinajstić information content (AvgIpc) is 2.53. The second-order valence-corrected chi connectivity index (χ2v) is 6.39. The van der Waals surface area contributed by atoms with Gasteiger partial charge in [0.2, 0.25) is 5.60 Å². The molecule has 10 nitrogen and oxygen atoms in total. The molecule has 0 rings (SSSR count). The lowest BCUT2D eigenvalue weighted by Crippen LogP contribution is -2.67. The van der Waals surface area contributed by atoms with Crippen LogP contribution in [0.2, 0.25) is 0 Å². The van der Waals surface area contributed by atoms with Crippen molar-refractivity contribution in [2.75, 3.05) is 19.8 Å². The van der Waals surface area contributed by atoms with Crippen LogP contribution < -0.4 is 0 Å². The number of ketones is 5. The van der Waals surface area contributed by atoms with Crippen molar-refractivity contribution in [3.05, 3.63) is 0 Å². The van der Waals surface area contributed by atoms with E-state index in [1.54, 1.807) is 0 Å². The van der Waals surface area contributed by atoms with Gasteiger partial charge in [0, 0.05) is 0 Å². The van der Waals surface area contributed by atoms with Gasteiger partial charge in [0.25, 0.3) is 0 Å². The highest BCUT2D eigenvalue weighted by Crippen LogP contribution is 2.38. The van der Waals surface area contributed by atoms with Gasteiger partial charge in [-0.3, -0.25) is 28.8 Å². The molecule has 0 aliphatic carbocycles. The van der Waals surface area contributed by atoms with Gasteiger partial charge in [0.15, 0.2) is 11.6 Å². The molecule has 0 aliphatic heterocycles. The molecule has 0 aromatic heterocycles. The van der Waals surface area contributed by atoms with Crippen LogP contribution in [0.3, 0.4) is 0 Å². The van der Waals surface area contributed by atoms with E-state index < -0.39 is 85.0 Å². The fraction of sp³-hybridized carbons (Fsp3) is 0.647. The third-order valence-electron chi connectivity index (χ3n) is 3.92. The molecule has 0 saturated heterocycles. The van der Waals surface area contributed by atoms with E-state index in [1.165, 1.54) is 0 Å². The van der Waals surface area contributed by atoms with Crippen LogP contribution in [-0.4, -0.2) is 75.6 Å². The van der Waals surface area contributed by atoms with Gasteiger partial charge in [-0.15, -0.1) is 0 Å². The zero-order valence-electron chi connectivity index (χ0n) is 15.4. The Balaban J connectivity index is 6.68. The molecule has 0 aliphatic rings. The topological polar surface area (TPSA) is 172 Å². The standard InChI is InChI=1S/C17H24O10/c1-10(21)4-13(24)17(14(25)5-11(2)22,16(7-18,8-19)9-20)27-15(26)6-12(3)23/h18-20H,4-9H2,1-3H3. The van der Waals surface area contributed by atoms with Gasteiger partial charge >= 0.3 is 5.97 Å². The molecule has 0 amide bonds. The predicted molar refractivity (Wildman–Crippen MR) is 88.4 cm³/mol. The molecule has 0 fully saturated rings. The Hall–Kier alpha value is -2.30. The van der Waals surface area contributed by atoms with Gasteiger partial charge in [-0.2, -0.15) is 0 Å². The molecule has 27 heavy (non-hydrogen) atoms. The van der Waals surface area contributed by atoms with Crippen LogP contribution in [-0.2, 0) is 33.5 Å². The maximum absolute atomic E-state index is 12.8. The Bertz CT molecular complexity index is 593. The lowest BCUT2D eigenvalue weighted by Gasteiger charge is -2.44. The summed E-state index contributed by atoms with van der Waals surface area (Å²) in [6.07, 6.45) is -2.71. The SMILES string of the molecule is CC(=O)CC(=O)OC(C(=O)CC(C)=O)(C(=O)CC(C)=O)C(CO)(CO)CO. The predicted octanol–water partition coefficient (Wildman–Crippen LogP) is -1.69. The van der Waals surface area contributed by atoms with Crippen molar-refractivity contribution in [1.29, 1.82) is 0 Å². The average molecular weight is 388 g/mol. The first kappa shape index (κ1) is 24.7. The summed E-state index contributed by atoms with van der Waals surface area (Å²) >= 11 is 0. The molecule has 0 heterocycles. The quantitative estimate of drug-likeness (QED) is 0.244. The van der Waals surface area contributed by atoms with Crippen molar-refractivity contribution in [3.8, 4) is 0 Å². The van der Waals surface area contributed by atoms with Crippen molar-refractivity contribution in [1.82, 2.24) is 0 Å². The minimum atomic E-state index is -3.02. The lowest BCUT2D eigenvalue weighted by molar-refractivity contribution is -0.202. The summed E-state index contributed by atoms with van der Waals surface area (Å²) < 4.78 is 4.97. The highest BCUT2D eigenvalue weighted by Gasteiger charge is 2.63. The maximum atomic E-state index is 12.8. The number of Topliss-reactive ketones (excluding diaryl/α,β-unsaturated/α-hetero) is 5. The van der Waals surface area contributed by atoms with Crippen LogP contribution >= 0.6 is 0 Å². The maximum Gasteiger partial charge on any atom is 0.314 e. The van der Waals surface area contributed by atoms with E-state index in [0.29, 0.717) is 0 Å². The molecule has 0 saturated carbocycles. The van der Waals surface area contributed by atoms with Gasteiger partial charge in [-0.1, -0.05) is 0 Å². The third-order valence-corrected chi connectivity index (χ3v) is 3.92. The van der Waals surface area contributed by atoms with E-state index in [2.05, 4.69) is 0 Å². The molecule has 152 valence electrons. The van der Waals surface area contributed by atoms with Gasteiger partial charge in [0.05, 0.1) is 38.1 Å². The monoisotopic (exact) mass is 388 g/mol. The molecule has 0 bridgehead atoms. The van der Waals surface area contributed by atoms with Crippen LogP contribution in [0.5, 0.6) is 0 Å². The fourth-order valence-corrected chi connectivity index (χ4v) is 2.56. The molecule has 0 spiro atoms. The highest BCUT2D eigenvalue weighted by atomic mass is 16.6. The number of rotatable bonds is 13. The summed E-state index contributed by atoms with van der Waals surface area (Å²) in [5.74, 6) is -6.13. The molecule has 0 atom stereocenters. The van der Waals surface area contributed by atoms with Gasteiger partial charge < -0.3 is 20.1 Å². The van der Waals surface area contributed by atoms with E-state index in [0.717, 1.165) is 20.8 Å². The molecule has 10 heteroatoms. The summed E-state index contributed by atoms with van der Waals surface area (Å²) in [4.78, 5) is 71.7. The summed E-state index contributed by atoms with van der Waals surface area (Å²) in [5.41, 5.74) is -5.44. The number of aliphatic hydroxyl groups excluding tert-OH is 3. The summed E-state index contributed by atoms with van der Waals surface area (Å²) in [6, 6.07) is 0. The van der Waals surface area contributed by atoms with Crippen molar-refractivity contribution >= 4 is 34.9 Å². The van der Waals surface area contributed by atoms with Crippen molar-refractivity contribution in [3.63, 3.8) is 0 Å². The number of aliphatic hydroxyl groups is 3. The van der Waals surface area contributed by atoms with Crippen molar-refractivity contribution < 1.29 is 48.8 Å². The fourth-order valence-electron chi connectivity index (χ4n) is 2.56. The zero-order chi connectivity index (χ0) is 21.4. The first-order valence-electron chi connectivity index (χ1n) is 8.01. The minimum Gasteiger partial charge on any atom is -0.442 e. The molecule has 0 aromatic rings. The first-order chi connectivity index (χ1) is 12.4. The Morgan fingerprint density at radius 2 is 1.00 bits per heavy atom. The Morgan fingerprint density at radius 3 is 1.26 bits per heavy atom. The molecule has 0 radical (unpaired) electrons. The van der Waals surface area contributed by atoms with E-state index in [1.807, 2.05) is 0 Å². The molecular weight excluding hydrogens is 364 g/mol. The van der Waals surface area contributed by atoms with E-state index in [4.69, 9.17) is 4.74 Å². The minimum absolute atomic E-state index is 0.672. The Kier molecular flexibility index (Phi) is 9.28. The van der Waals surface area contributed by atoms with Crippen LogP contribution in [0.4, 0.5) is 0 Å². The summed E-state index contributed by atoms with van der Waals surface area (Å²) in [5, 5.41) is 29.2. The van der Waals surface area contributed by atoms with Crippen molar-refractivity contribution in [2.45, 2.75) is 45.6 Å². The second-order valence-electron chi connectivity index (χ2n) is 6.39. The first-order valence-corrected chi connectivity index (χ1v) is 8.01. The van der Waals surface area contributed by atoms with E-state index in [9.17, 15) is 44.1 Å². The third kappa shape index (κ3) is 5.59. The number of esters is 1. The van der Waals surface area contributed by atoms with E-state index in [-0.39, 0.29) is 0 Å². The van der Waals surface area contributed by atoms with Crippen molar-refractivity contribution in [2.24, 2.45) is 5.41 Å².